The predicted molar refractivity (Wildman–Crippen MR) is 185 cm³/mol. The summed E-state index contributed by atoms with van der Waals surface area (Å²) < 4.78 is 41.2. The van der Waals surface area contributed by atoms with Crippen molar-refractivity contribution in [2.75, 3.05) is 56.5 Å². The molecule has 1 aromatic carbocycles. The van der Waals surface area contributed by atoms with Gasteiger partial charge in [-0.2, -0.15) is 13.5 Å². The topological polar surface area (TPSA) is 274 Å². The summed E-state index contributed by atoms with van der Waals surface area (Å²) in [5.74, 6) is -2.35. The Hall–Kier alpha value is -4.67. The molecule has 8 N–H and O–H groups in total. The van der Waals surface area contributed by atoms with Crippen LogP contribution in [0.4, 0.5) is 10.9 Å². The molecule has 2 atom stereocenters. The Bertz CT molecular complexity index is 1900. The zero-order valence-electron chi connectivity index (χ0n) is 27.7. The molecule has 0 spiro atoms. The molecule has 4 heterocycles. The maximum Gasteiger partial charge on any atom is 0.418 e. The molecule has 2 aliphatic heterocycles. The number of hydrogen-bond acceptors (Lipinski definition) is 16. The number of carbonyl (C=O) groups excluding carboxylic acids is 2. The van der Waals surface area contributed by atoms with E-state index < -0.39 is 58.1 Å². The highest BCUT2D eigenvalue weighted by Gasteiger charge is 2.57. The van der Waals surface area contributed by atoms with Crippen molar-refractivity contribution < 1.29 is 46.3 Å². The van der Waals surface area contributed by atoms with Crippen molar-refractivity contribution in [1.82, 2.24) is 25.7 Å². The number of amides is 2. The van der Waals surface area contributed by atoms with Crippen LogP contribution in [0.5, 0.6) is 5.75 Å². The van der Waals surface area contributed by atoms with E-state index in [9.17, 15) is 27.9 Å². The van der Waals surface area contributed by atoms with Gasteiger partial charge in [-0.1, -0.05) is 5.16 Å². The van der Waals surface area contributed by atoms with Crippen molar-refractivity contribution in [3.05, 3.63) is 41.4 Å². The number of nitrogen functional groups attached to an aromatic ring is 1. The lowest BCUT2D eigenvalue weighted by molar-refractivity contribution is -0.227. The van der Waals surface area contributed by atoms with E-state index in [1.807, 2.05) is 12.1 Å². The number of thiazole rings is 1. The number of anilines is 2. The van der Waals surface area contributed by atoms with E-state index in [1.165, 1.54) is 19.2 Å². The number of benzene rings is 1. The largest absolute Gasteiger partial charge is 0.489 e. The van der Waals surface area contributed by atoms with Gasteiger partial charge in [0.1, 0.15) is 23.9 Å². The highest BCUT2D eigenvalue weighted by molar-refractivity contribution is 7.80. The van der Waals surface area contributed by atoms with Crippen LogP contribution in [-0.4, -0.2) is 114 Å². The highest BCUT2D eigenvalue weighted by atomic mass is 32.3. The second kappa shape index (κ2) is 15.7. The Balaban J connectivity index is 1.24. The monoisotopic (exact) mass is 749 g/mol. The van der Waals surface area contributed by atoms with Gasteiger partial charge in [0.25, 0.3) is 17.9 Å². The first-order valence-corrected chi connectivity index (χ1v) is 18.1. The number of carbonyl (C=O) groups is 3. The third-order valence-corrected chi connectivity index (χ3v) is 9.40. The molecule has 1 unspecified atom stereocenters. The van der Waals surface area contributed by atoms with Crippen LogP contribution in [0.3, 0.4) is 0 Å². The summed E-state index contributed by atoms with van der Waals surface area (Å²) in [5, 5.41) is 22.1. The van der Waals surface area contributed by atoms with Gasteiger partial charge in [0.05, 0.1) is 17.0 Å². The second-order valence-electron chi connectivity index (χ2n) is 12.4. The van der Waals surface area contributed by atoms with Gasteiger partial charge >= 0.3 is 16.4 Å². The molecule has 2 aliphatic rings. The van der Waals surface area contributed by atoms with Crippen molar-refractivity contribution in [2.24, 2.45) is 22.7 Å². The summed E-state index contributed by atoms with van der Waals surface area (Å²) in [6.07, 6.45) is -0.820. The van der Waals surface area contributed by atoms with E-state index in [0.717, 1.165) is 60.7 Å². The summed E-state index contributed by atoms with van der Waals surface area (Å²) in [4.78, 5) is 54.1. The van der Waals surface area contributed by atoms with E-state index in [4.69, 9.17) is 30.6 Å². The number of hydrogen-bond donors (Lipinski definition) is 6. The Labute approximate surface area is 296 Å². The molecule has 5 rings (SSSR count). The Kier molecular flexibility index (Phi) is 11.6. The fourth-order valence-corrected chi connectivity index (χ4v) is 6.41. The first kappa shape index (κ1) is 37.6. The first-order valence-electron chi connectivity index (χ1n) is 15.8. The fraction of sp³-hybridized carbons (Fsp3) is 0.467. The Morgan fingerprint density at radius 1 is 1.25 bits per heavy atom. The third-order valence-electron chi connectivity index (χ3n) is 8.38. The molecule has 51 heavy (non-hydrogen) atoms. The number of nitrogens with two attached hydrogens (primary N) is 2. The average Bonchev–Trinajstić information content (AvgIpc) is 3.48. The van der Waals surface area contributed by atoms with Gasteiger partial charge in [-0.05, 0) is 57.1 Å². The van der Waals surface area contributed by atoms with Gasteiger partial charge in [-0.15, -0.1) is 15.6 Å². The molecule has 0 aliphatic carbocycles. The van der Waals surface area contributed by atoms with E-state index in [0.29, 0.717) is 23.3 Å². The number of fused-ring (bicyclic) bond motifs is 1. The van der Waals surface area contributed by atoms with Crippen molar-refractivity contribution in [2.45, 2.75) is 31.9 Å². The summed E-state index contributed by atoms with van der Waals surface area (Å²) >= 11 is 0.993. The van der Waals surface area contributed by atoms with Gasteiger partial charge in [-0.3, -0.25) is 14.1 Å². The number of carboxylic acids is 1. The zero-order chi connectivity index (χ0) is 36.9. The minimum absolute atomic E-state index is 0.0251. The normalized spacial score (nSPS) is 18.1. The summed E-state index contributed by atoms with van der Waals surface area (Å²) in [7, 11) is -4.96. The molecule has 19 nitrogen and oxygen atoms in total. The van der Waals surface area contributed by atoms with Crippen molar-refractivity contribution in [3.63, 3.8) is 0 Å². The lowest BCUT2D eigenvalue weighted by atomic mass is 9.78. The van der Waals surface area contributed by atoms with Gasteiger partial charge in [0.2, 0.25) is 0 Å². The smallest absolute Gasteiger partial charge is 0.418 e. The number of rotatable bonds is 18. The third kappa shape index (κ3) is 9.17. The first-order chi connectivity index (χ1) is 24.2. The van der Waals surface area contributed by atoms with Gasteiger partial charge in [0.15, 0.2) is 10.8 Å². The van der Waals surface area contributed by atoms with E-state index in [1.54, 1.807) is 18.2 Å². The Morgan fingerprint density at radius 2 is 2.02 bits per heavy atom. The van der Waals surface area contributed by atoms with Crippen LogP contribution in [0, 0.1) is 11.8 Å². The number of nitrogens with zero attached hydrogens (tertiary/aromatic N) is 5. The summed E-state index contributed by atoms with van der Waals surface area (Å²) in [6.45, 7) is 6.31. The lowest BCUT2D eigenvalue weighted by Gasteiger charge is -2.50. The minimum atomic E-state index is -4.96. The molecule has 0 saturated carbocycles. The summed E-state index contributed by atoms with van der Waals surface area (Å²) in [5.41, 5.74) is 10.5. The van der Waals surface area contributed by atoms with E-state index >= 15 is 0 Å². The lowest BCUT2D eigenvalue weighted by Crippen LogP contribution is -2.70. The number of hydroxylamine groups is 2. The molecule has 2 aromatic heterocycles. The van der Waals surface area contributed by atoms with Crippen LogP contribution in [-0.2, 0) is 33.9 Å². The maximum absolute atomic E-state index is 13.2. The Morgan fingerprint density at radius 3 is 2.63 bits per heavy atom. The number of oxime groups is 1. The van der Waals surface area contributed by atoms with Crippen LogP contribution in [0.1, 0.15) is 26.0 Å². The number of pyridine rings is 1. The molecule has 3 aromatic rings. The summed E-state index contributed by atoms with van der Waals surface area (Å²) in [6, 6.07) is 8.98. The molecule has 2 fully saturated rings. The molecule has 276 valence electrons. The number of aliphatic carboxylic acids is 1. The quantitative estimate of drug-likeness (QED) is 0.0432. The molecule has 2 amide bonds. The number of ether oxygens (including phenoxy) is 1. The molecule has 21 heteroatoms. The van der Waals surface area contributed by atoms with Crippen molar-refractivity contribution in [1.29, 1.82) is 0 Å². The molecule has 0 bridgehead atoms. The molecular weight excluding hydrogens is 711 g/mol. The number of nitrogens with one attached hydrogen (secondary N) is 2. The molecular formula is C30H39N9O10S2. The van der Waals surface area contributed by atoms with Crippen LogP contribution in [0.25, 0.3) is 10.9 Å². The molecule has 0 radical (unpaired) electrons. The second-order valence-corrected chi connectivity index (χ2v) is 14.3. The van der Waals surface area contributed by atoms with Crippen molar-refractivity contribution in [3.8, 4) is 5.75 Å². The predicted octanol–water partition coefficient (Wildman–Crippen LogP) is -0.0114. The number of aromatic nitrogens is 2. The standard InChI is InChI=1S/C30H39N9O10S2/c1-30(2)20(27(41)39(30)49-51(44,45)46)13-34-26(40)25(22-16-50-29(32)36-22)37-48-23(28(42)43)15-47-19-5-6-21-18(10-19)4-7-24(35-21)38(9-3-8-31)14-17-11-33-12-17/h4-7,10,16-17,20,23,33H,3,8-9,11-15,31H2,1-2H3,(H2,32,36)(H,34,40)(H,42,43)(H,44,45,46)/b37-25-/t20-,23?/m1/s1. The van der Waals surface area contributed by atoms with Crippen LogP contribution >= 0.6 is 11.3 Å². The van der Waals surface area contributed by atoms with Gasteiger partial charge < -0.3 is 41.7 Å². The van der Waals surface area contributed by atoms with E-state index in [2.05, 4.69) is 30.0 Å². The van der Waals surface area contributed by atoms with Crippen LogP contribution < -0.4 is 31.7 Å². The van der Waals surface area contributed by atoms with E-state index in [-0.39, 0.29) is 17.4 Å². The number of β-lactam (4-membered cyclic amide) rings is 1. The fourth-order valence-electron chi connectivity index (χ4n) is 5.41. The minimum Gasteiger partial charge on any atom is -0.489 e. The zero-order valence-corrected chi connectivity index (χ0v) is 29.4. The average molecular weight is 750 g/mol. The molecule has 2 saturated heterocycles. The number of carboxylic acid groups (broad SMARTS) is 1. The van der Waals surface area contributed by atoms with Crippen LogP contribution in [0.2, 0.25) is 0 Å². The SMILES string of the molecule is CC1(C)[C@H](CNC(=O)/C(=N\OC(COc2ccc3nc(N(CCCN)CC4CNC4)ccc3c2)C(=O)O)c2csc(N)n2)C(=O)N1OS(=O)(=O)O. The van der Waals surface area contributed by atoms with Gasteiger partial charge in [0, 0.05) is 49.4 Å². The highest BCUT2D eigenvalue weighted by Crippen LogP contribution is 2.38. The van der Waals surface area contributed by atoms with Gasteiger partial charge in [-0.25, -0.2) is 14.8 Å². The van der Waals surface area contributed by atoms with Crippen LogP contribution in [0.15, 0.2) is 40.9 Å². The van der Waals surface area contributed by atoms with Crippen molar-refractivity contribution >= 4 is 67.1 Å². The maximum atomic E-state index is 13.2.